The molecular formula is C26H27FN2O3. The number of carbonyl (C=O) groups is 1. The first-order valence-electron chi connectivity index (χ1n) is 10.7. The highest BCUT2D eigenvalue weighted by Crippen LogP contribution is 2.24. The number of aromatic hydroxyl groups is 1. The average molecular weight is 435 g/mol. The molecule has 1 heterocycles. The third-order valence-electron chi connectivity index (χ3n) is 5.62. The molecule has 3 aromatic rings. The number of hydrogen-bond acceptors (Lipinski definition) is 4. The van der Waals surface area contributed by atoms with Gasteiger partial charge < -0.3 is 14.7 Å². The molecule has 2 bridgehead atoms. The van der Waals surface area contributed by atoms with Gasteiger partial charge in [0, 0.05) is 38.8 Å². The van der Waals surface area contributed by atoms with Crippen LogP contribution in [0, 0.1) is 5.82 Å². The Bertz CT molecular complexity index is 1100. The van der Waals surface area contributed by atoms with Crippen LogP contribution in [0.5, 0.6) is 11.5 Å². The molecule has 1 aliphatic heterocycles. The summed E-state index contributed by atoms with van der Waals surface area (Å²) in [7, 11) is 1.79. The Hall–Kier alpha value is -3.38. The third kappa shape index (κ3) is 5.08. The van der Waals surface area contributed by atoms with E-state index in [0.717, 1.165) is 11.1 Å². The van der Waals surface area contributed by atoms with Gasteiger partial charge in [-0.15, -0.1) is 0 Å². The molecule has 0 fully saturated rings. The van der Waals surface area contributed by atoms with Gasteiger partial charge in [-0.2, -0.15) is 0 Å². The first-order chi connectivity index (χ1) is 15.5. The summed E-state index contributed by atoms with van der Waals surface area (Å²) < 4.78 is 19.8. The van der Waals surface area contributed by atoms with Crippen LogP contribution in [0.1, 0.15) is 33.5 Å². The van der Waals surface area contributed by atoms with Crippen LogP contribution >= 0.6 is 0 Å². The van der Waals surface area contributed by atoms with Crippen LogP contribution in [-0.2, 0) is 19.6 Å². The Morgan fingerprint density at radius 2 is 1.75 bits per heavy atom. The predicted octanol–water partition coefficient (Wildman–Crippen LogP) is 4.59. The van der Waals surface area contributed by atoms with Gasteiger partial charge in [-0.05, 0) is 35.7 Å². The summed E-state index contributed by atoms with van der Waals surface area (Å²) in [4.78, 5) is 16.9. The van der Waals surface area contributed by atoms with Crippen LogP contribution in [0.3, 0.4) is 0 Å². The number of hydrogen-bond donors (Lipinski definition) is 1. The first-order valence-corrected chi connectivity index (χ1v) is 10.7. The average Bonchev–Trinajstić information content (AvgIpc) is 2.79. The molecule has 0 aliphatic carbocycles. The fourth-order valence-corrected chi connectivity index (χ4v) is 4.02. The van der Waals surface area contributed by atoms with E-state index in [2.05, 4.69) is 11.0 Å². The molecule has 166 valence electrons. The molecule has 0 saturated carbocycles. The zero-order chi connectivity index (χ0) is 22.5. The summed E-state index contributed by atoms with van der Waals surface area (Å²) in [5, 5.41) is 10.1. The van der Waals surface area contributed by atoms with Gasteiger partial charge in [0.05, 0.1) is 12.2 Å². The lowest BCUT2D eigenvalue weighted by Gasteiger charge is -2.25. The van der Waals surface area contributed by atoms with Crippen molar-refractivity contribution in [3.05, 3.63) is 94.8 Å². The summed E-state index contributed by atoms with van der Waals surface area (Å²) >= 11 is 0. The van der Waals surface area contributed by atoms with Crippen LogP contribution in [0.2, 0.25) is 0 Å². The van der Waals surface area contributed by atoms with Gasteiger partial charge in [0.15, 0.2) is 11.6 Å². The Labute approximate surface area is 187 Å². The van der Waals surface area contributed by atoms with E-state index in [4.69, 9.17) is 4.74 Å². The quantitative estimate of drug-likeness (QED) is 0.641. The molecule has 0 spiro atoms. The second kappa shape index (κ2) is 9.83. The number of amides is 1. The van der Waals surface area contributed by atoms with Crippen LogP contribution in [-0.4, -0.2) is 41.0 Å². The Balaban J connectivity index is 1.62. The fourth-order valence-electron chi connectivity index (χ4n) is 4.02. The molecule has 1 amide bonds. The van der Waals surface area contributed by atoms with Gasteiger partial charge in [-0.25, -0.2) is 4.39 Å². The van der Waals surface area contributed by atoms with E-state index in [-0.39, 0.29) is 11.7 Å². The van der Waals surface area contributed by atoms with E-state index < -0.39 is 5.82 Å². The monoisotopic (exact) mass is 434 g/mol. The highest BCUT2D eigenvalue weighted by atomic mass is 19.1. The SMILES string of the molecule is CN1Cc2cccc(c2)CN(Cc2cccc(F)c2O)CCCOc2ccccc2C1=O. The molecule has 0 aromatic heterocycles. The largest absolute Gasteiger partial charge is 0.505 e. The summed E-state index contributed by atoms with van der Waals surface area (Å²) in [6, 6.07) is 20.0. The number of halogens is 1. The lowest BCUT2D eigenvalue weighted by Crippen LogP contribution is -2.28. The van der Waals surface area contributed by atoms with Crippen molar-refractivity contribution < 1.29 is 19.0 Å². The second-order valence-corrected chi connectivity index (χ2v) is 8.14. The van der Waals surface area contributed by atoms with E-state index in [1.807, 2.05) is 36.4 Å². The van der Waals surface area contributed by atoms with E-state index >= 15 is 0 Å². The maximum atomic E-state index is 13.8. The van der Waals surface area contributed by atoms with Crippen LogP contribution in [0.4, 0.5) is 4.39 Å². The third-order valence-corrected chi connectivity index (χ3v) is 5.62. The molecule has 1 aliphatic rings. The number of nitrogens with zero attached hydrogens (tertiary/aromatic N) is 2. The molecule has 6 heteroatoms. The number of fused-ring (bicyclic) bond motifs is 3. The number of phenols is 1. The van der Waals surface area contributed by atoms with Crippen molar-refractivity contribution >= 4 is 5.91 Å². The molecule has 0 unspecified atom stereocenters. The lowest BCUT2D eigenvalue weighted by molar-refractivity contribution is 0.0780. The van der Waals surface area contributed by atoms with Gasteiger partial charge in [-0.1, -0.05) is 48.5 Å². The van der Waals surface area contributed by atoms with Gasteiger partial charge in [0.2, 0.25) is 0 Å². The molecule has 3 aromatic carbocycles. The minimum Gasteiger partial charge on any atom is -0.505 e. The van der Waals surface area contributed by atoms with Crippen LogP contribution in [0.25, 0.3) is 0 Å². The minimum atomic E-state index is -0.612. The van der Waals surface area contributed by atoms with E-state index in [1.54, 1.807) is 30.1 Å². The molecule has 32 heavy (non-hydrogen) atoms. The van der Waals surface area contributed by atoms with Crippen molar-refractivity contribution in [3.8, 4) is 11.5 Å². The second-order valence-electron chi connectivity index (χ2n) is 8.14. The Morgan fingerprint density at radius 3 is 2.59 bits per heavy atom. The van der Waals surface area contributed by atoms with E-state index in [9.17, 15) is 14.3 Å². The molecule has 4 rings (SSSR count). The summed E-state index contributed by atoms with van der Waals surface area (Å²) in [6.07, 6.45) is 0.716. The van der Waals surface area contributed by atoms with Crippen molar-refractivity contribution in [3.63, 3.8) is 0 Å². The zero-order valence-corrected chi connectivity index (χ0v) is 18.1. The predicted molar refractivity (Wildman–Crippen MR) is 121 cm³/mol. The minimum absolute atomic E-state index is 0.0775. The summed E-state index contributed by atoms with van der Waals surface area (Å²) in [5.41, 5.74) is 3.23. The maximum Gasteiger partial charge on any atom is 0.257 e. The van der Waals surface area contributed by atoms with Gasteiger partial charge in [-0.3, -0.25) is 9.69 Å². The topological polar surface area (TPSA) is 53.0 Å². The normalized spacial score (nSPS) is 15.6. The number of benzene rings is 3. The highest BCUT2D eigenvalue weighted by molar-refractivity contribution is 5.96. The molecular weight excluding hydrogens is 407 g/mol. The number of ether oxygens (including phenoxy) is 1. The number of para-hydroxylation sites is 2. The van der Waals surface area contributed by atoms with Gasteiger partial charge in [0.1, 0.15) is 5.75 Å². The van der Waals surface area contributed by atoms with Crippen molar-refractivity contribution in [2.75, 3.05) is 20.2 Å². The Kier molecular flexibility index (Phi) is 6.71. The lowest BCUT2D eigenvalue weighted by atomic mass is 10.1. The number of rotatable bonds is 2. The van der Waals surface area contributed by atoms with Gasteiger partial charge >= 0.3 is 0 Å². The fraction of sp³-hybridized carbons (Fsp3) is 0.269. The summed E-state index contributed by atoms with van der Waals surface area (Å²) in [6.45, 7) is 2.67. The molecule has 0 radical (unpaired) electrons. The molecule has 5 nitrogen and oxygen atoms in total. The van der Waals surface area contributed by atoms with Crippen molar-refractivity contribution in [1.82, 2.24) is 9.80 Å². The number of carbonyl (C=O) groups excluding carboxylic acids is 1. The molecule has 0 saturated heterocycles. The van der Waals surface area contributed by atoms with Gasteiger partial charge in [0.25, 0.3) is 5.91 Å². The van der Waals surface area contributed by atoms with Crippen molar-refractivity contribution in [1.29, 1.82) is 0 Å². The van der Waals surface area contributed by atoms with Crippen LogP contribution in [0.15, 0.2) is 66.7 Å². The highest BCUT2D eigenvalue weighted by Gasteiger charge is 2.18. The molecule has 0 atom stereocenters. The van der Waals surface area contributed by atoms with Crippen molar-refractivity contribution in [2.45, 2.75) is 26.1 Å². The maximum absolute atomic E-state index is 13.8. The van der Waals surface area contributed by atoms with Crippen LogP contribution < -0.4 is 4.74 Å². The van der Waals surface area contributed by atoms with E-state index in [0.29, 0.717) is 56.1 Å². The van der Waals surface area contributed by atoms with E-state index in [1.165, 1.54) is 6.07 Å². The molecule has 1 N–H and O–H groups in total. The summed E-state index contributed by atoms with van der Waals surface area (Å²) in [5.74, 6) is -0.416. The smallest absolute Gasteiger partial charge is 0.257 e. The number of phenolic OH excluding ortho intramolecular Hbond substituents is 1. The standard InChI is InChI=1S/C26H27FN2O3/c1-28-16-19-7-4-8-20(15-19)17-29(18-21-9-5-11-23(27)25(21)30)13-6-14-32-24-12-3-2-10-22(24)26(28)31/h2-5,7-12,15,30H,6,13-14,16-18H2,1H3. The first kappa shape index (κ1) is 21.8. The zero-order valence-electron chi connectivity index (χ0n) is 18.1. The Morgan fingerprint density at radius 1 is 1.00 bits per heavy atom. The van der Waals surface area contributed by atoms with Crippen molar-refractivity contribution in [2.24, 2.45) is 0 Å².